The maximum Gasteiger partial charge on any atom is 0.338 e. The van der Waals surface area contributed by atoms with E-state index in [0.717, 1.165) is 6.07 Å². The van der Waals surface area contributed by atoms with E-state index in [-0.39, 0.29) is 28.7 Å². The zero-order valence-corrected chi connectivity index (χ0v) is 16.5. The van der Waals surface area contributed by atoms with Crippen molar-refractivity contribution in [2.45, 2.75) is 44.6 Å². The molecule has 1 atom stereocenters. The van der Waals surface area contributed by atoms with Gasteiger partial charge in [-0.25, -0.2) is 13.2 Å². The van der Waals surface area contributed by atoms with Crippen LogP contribution in [0.4, 0.5) is 5.69 Å². The van der Waals surface area contributed by atoms with Crippen LogP contribution in [0.25, 0.3) is 0 Å². The summed E-state index contributed by atoms with van der Waals surface area (Å²) in [5.41, 5.74) is -0.437. The van der Waals surface area contributed by atoms with Gasteiger partial charge < -0.3 is 10.1 Å². The normalized spacial score (nSPS) is 17.3. The fourth-order valence-corrected chi connectivity index (χ4v) is 4.97. The minimum Gasteiger partial charge on any atom is -0.462 e. The molecule has 1 heterocycles. The second-order valence-electron chi connectivity index (χ2n) is 6.35. The predicted molar refractivity (Wildman–Crippen MR) is 99.2 cm³/mol. The van der Waals surface area contributed by atoms with Gasteiger partial charge in [0.25, 0.3) is 5.69 Å². The highest BCUT2D eigenvalue weighted by molar-refractivity contribution is 7.89. The quantitative estimate of drug-likeness (QED) is 0.402. The lowest BCUT2D eigenvalue weighted by Crippen LogP contribution is -2.42. The number of carbonyl (C=O) groups excluding carboxylic acids is 1. The number of nitro groups is 1. The van der Waals surface area contributed by atoms with Gasteiger partial charge in [-0.15, -0.1) is 0 Å². The zero-order valence-electron chi connectivity index (χ0n) is 15.7. The lowest BCUT2D eigenvalue weighted by Gasteiger charge is -2.27. The molecule has 10 heteroatoms. The van der Waals surface area contributed by atoms with Crippen LogP contribution < -0.4 is 5.32 Å². The molecule has 1 aromatic carbocycles. The summed E-state index contributed by atoms with van der Waals surface area (Å²) < 4.78 is 32.8. The summed E-state index contributed by atoms with van der Waals surface area (Å²) >= 11 is 0. The molecule has 0 radical (unpaired) electrons. The highest BCUT2D eigenvalue weighted by Gasteiger charge is 2.35. The van der Waals surface area contributed by atoms with Gasteiger partial charge in [-0.3, -0.25) is 10.1 Å². The Kier molecular flexibility index (Phi) is 6.90. The summed E-state index contributed by atoms with van der Waals surface area (Å²) in [5, 5.41) is 14.6. The first-order valence-electron chi connectivity index (χ1n) is 8.92. The van der Waals surface area contributed by atoms with Crippen LogP contribution in [0.5, 0.6) is 0 Å². The van der Waals surface area contributed by atoms with Crippen LogP contribution in [0.1, 0.15) is 42.6 Å². The van der Waals surface area contributed by atoms with E-state index in [4.69, 9.17) is 4.74 Å². The van der Waals surface area contributed by atoms with Crippen molar-refractivity contribution < 1.29 is 22.9 Å². The topological polar surface area (TPSA) is 119 Å². The van der Waals surface area contributed by atoms with Crippen LogP contribution in [-0.2, 0) is 14.8 Å². The van der Waals surface area contributed by atoms with Crippen LogP contribution in [0, 0.1) is 17.0 Å². The van der Waals surface area contributed by atoms with E-state index in [2.05, 4.69) is 5.32 Å². The Morgan fingerprint density at radius 3 is 2.63 bits per heavy atom. The maximum atomic E-state index is 13.3. The summed E-state index contributed by atoms with van der Waals surface area (Å²) in [5.74, 6) is -0.778. The molecule has 0 bridgehead atoms. The summed E-state index contributed by atoms with van der Waals surface area (Å²) in [6.07, 6.45) is 1.27. The summed E-state index contributed by atoms with van der Waals surface area (Å²) in [7, 11) is -4.01. The molecular formula is C17H25N3O6S. The standard InChI is InChI=1S/C17H25N3O6S/c1-4-8-19(13-6-7-18-11-13)27(24,25)14-9-15(17(21)26-5-2)12(3)16(10-14)20(22)23/h9-10,13,18H,4-8,11H2,1-3H3. The maximum absolute atomic E-state index is 13.3. The van der Waals surface area contributed by atoms with Crippen molar-refractivity contribution in [1.82, 2.24) is 9.62 Å². The first kappa shape index (κ1) is 21.3. The molecule has 0 amide bonds. The number of rotatable bonds is 8. The molecule has 1 saturated heterocycles. The van der Waals surface area contributed by atoms with Gasteiger partial charge >= 0.3 is 5.97 Å². The minimum absolute atomic E-state index is 0.0821. The number of nitrogens with zero attached hydrogens (tertiary/aromatic N) is 2. The highest BCUT2D eigenvalue weighted by atomic mass is 32.2. The van der Waals surface area contributed by atoms with Crippen molar-refractivity contribution in [2.75, 3.05) is 26.2 Å². The van der Waals surface area contributed by atoms with Crippen LogP contribution in [-0.4, -0.2) is 55.9 Å². The number of carbonyl (C=O) groups is 1. The number of benzene rings is 1. The van der Waals surface area contributed by atoms with Crippen LogP contribution in [0.2, 0.25) is 0 Å². The van der Waals surface area contributed by atoms with Crippen molar-refractivity contribution in [1.29, 1.82) is 0 Å². The average molecular weight is 399 g/mol. The molecule has 0 spiro atoms. The third-order valence-corrected chi connectivity index (χ3v) is 6.47. The number of sulfonamides is 1. The van der Waals surface area contributed by atoms with Crippen molar-refractivity contribution >= 4 is 21.7 Å². The SMILES string of the molecule is CCCN(C1CCNC1)S(=O)(=O)c1cc(C(=O)OCC)c(C)c([N+](=O)[O-])c1. The molecule has 1 N–H and O–H groups in total. The number of nitro benzene ring substituents is 1. The molecule has 0 aromatic heterocycles. The van der Waals surface area contributed by atoms with Crippen molar-refractivity contribution in [3.05, 3.63) is 33.4 Å². The Hall–Kier alpha value is -2.04. The van der Waals surface area contributed by atoms with Gasteiger partial charge in [-0.2, -0.15) is 4.31 Å². The molecule has 1 aliphatic heterocycles. The zero-order chi connectivity index (χ0) is 20.2. The third-order valence-electron chi connectivity index (χ3n) is 4.54. The summed E-state index contributed by atoms with van der Waals surface area (Å²) in [6, 6.07) is 1.99. The molecule has 150 valence electrons. The number of hydrogen-bond acceptors (Lipinski definition) is 7. The van der Waals surface area contributed by atoms with Gasteiger partial charge in [0.2, 0.25) is 10.0 Å². The van der Waals surface area contributed by atoms with Crippen LogP contribution >= 0.6 is 0 Å². The Labute approximate surface area is 158 Å². The molecular weight excluding hydrogens is 374 g/mol. The fourth-order valence-electron chi connectivity index (χ4n) is 3.17. The van der Waals surface area contributed by atoms with Gasteiger partial charge in [0.05, 0.1) is 22.0 Å². The Morgan fingerprint density at radius 1 is 1.41 bits per heavy atom. The van der Waals surface area contributed by atoms with Crippen molar-refractivity contribution in [2.24, 2.45) is 0 Å². The molecule has 27 heavy (non-hydrogen) atoms. The molecule has 1 unspecified atom stereocenters. The average Bonchev–Trinajstić information content (AvgIpc) is 3.13. The summed E-state index contributed by atoms with van der Waals surface area (Å²) in [4.78, 5) is 22.7. The van der Waals surface area contributed by atoms with Gasteiger partial charge in [0.1, 0.15) is 0 Å². The molecule has 1 aromatic rings. The summed E-state index contributed by atoms with van der Waals surface area (Å²) in [6.45, 7) is 6.50. The van der Waals surface area contributed by atoms with E-state index in [1.807, 2.05) is 6.92 Å². The van der Waals surface area contributed by atoms with E-state index < -0.39 is 26.6 Å². The smallest absolute Gasteiger partial charge is 0.338 e. The Bertz CT molecular complexity index is 818. The van der Waals surface area contributed by atoms with Crippen molar-refractivity contribution in [3.8, 4) is 0 Å². The lowest BCUT2D eigenvalue weighted by molar-refractivity contribution is -0.385. The van der Waals surface area contributed by atoms with Crippen LogP contribution in [0.3, 0.4) is 0 Å². The van der Waals surface area contributed by atoms with Gasteiger partial charge in [0.15, 0.2) is 0 Å². The molecule has 2 rings (SSSR count). The van der Waals surface area contributed by atoms with E-state index in [0.29, 0.717) is 32.5 Å². The number of hydrogen-bond donors (Lipinski definition) is 1. The molecule has 0 saturated carbocycles. The second kappa shape index (κ2) is 8.77. The van der Waals surface area contributed by atoms with E-state index in [1.165, 1.54) is 17.3 Å². The minimum atomic E-state index is -4.01. The van der Waals surface area contributed by atoms with E-state index in [9.17, 15) is 23.3 Å². The molecule has 9 nitrogen and oxygen atoms in total. The Morgan fingerprint density at radius 2 is 2.11 bits per heavy atom. The number of esters is 1. The predicted octanol–water partition coefficient (Wildman–Crippen LogP) is 1.84. The van der Waals surface area contributed by atoms with Gasteiger partial charge in [-0.05, 0) is 39.3 Å². The third kappa shape index (κ3) is 4.45. The monoisotopic (exact) mass is 399 g/mol. The van der Waals surface area contributed by atoms with Crippen LogP contribution in [0.15, 0.2) is 17.0 Å². The van der Waals surface area contributed by atoms with E-state index in [1.54, 1.807) is 6.92 Å². The number of nitrogens with one attached hydrogen (secondary N) is 1. The molecule has 1 aliphatic rings. The number of ether oxygens (including phenoxy) is 1. The first-order chi connectivity index (χ1) is 12.7. The Balaban J connectivity index is 2.60. The second-order valence-corrected chi connectivity index (χ2v) is 8.25. The fraction of sp³-hybridized carbons (Fsp3) is 0.588. The van der Waals surface area contributed by atoms with Crippen molar-refractivity contribution in [3.63, 3.8) is 0 Å². The highest BCUT2D eigenvalue weighted by Crippen LogP contribution is 2.30. The van der Waals surface area contributed by atoms with Gasteiger partial charge in [0, 0.05) is 30.8 Å². The first-order valence-corrected chi connectivity index (χ1v) is 10.4. The van der Waals surface area contributed by atoms with Gasteiger partial charge in [-0.1, -0.05) is 6.92 Å². The molecule has 0 aliphatic carbocycles. The lowest BCUT2D eigenvalue weighted by atomic mass is 10.1. The largest absolute Gasteiger partial charge is 0.462 e. The molecule has 1 fully saturated rings. The van der Waals surface area contributed by atoms with E-state index >= 15 is 0 Å².